The zero-order valence-electron chi connectivity index (χ0n) is 13.6. The molecule has 1 atom stereocenters. The first-order valence-electron chi connectivity index (χ1n) is 8.18. The molecule has 7 heteroatoms. The van der Waals surface area contributed by atoms with Gasteiger partial charge in [0.2, 0.25) is 0 Å². The molecule has 4 nitrogen and oxygen atoms in total. The van der Waals surface area contributed by atoms with Gasteiger partial charge in [0.15, 0.2) is 0 Å². The number of morpholine rings is 1. The Morgan fingerprint density at radius 1 is 1.28 bits per heavy atom. The Labute approximate surface area is 160 Å². The van der Waals surface area contributed by atoms with Crippen molar-refractivity contribution in [1.29, 1.82) is 0 Å². The third kappa shape index (κ3) is 4.15. The molecule has 0 amide bonds. The summed E-state index contributed by atoms with van der Waals surface area (Å²) in [5.41, 5.74) is 1.17. The van der Waals surface area contributed by atoms with E-state index in [4.69, 9.17) is 16.3 Å². The largest absolute Gasteiger partial charge is 0.375 e. The standard InChI is InChI=1S/C18H18ClN3OS2/c19-16-4-2-1-3-13(16)9-22-6-7-23-14(10-22)11-25-18-15-5-8-24-17(15)20-12-21-18/h1-5,8,12,14H,6-7,9-11H2. The molecule has 1 unspecified atom stereocenters. The van der Waals surface area contributed by atoms with Crippen LogP contribution >= 0.6 is 34.7 Å². The number of ether oxygens (including phenoxy) is 1. The van der Waals surface area contributed by atoms with Gasteiger partial charge in [-0.2, -0.15) is 0 Å². The van der Waals surface area contributed by atoms with Gasteiger partial charge in [0.25, 0.3) is 0 Å². The van der Waals surface area contributed by atoms with Gasteiger partial charge in [0.05, 0.1) is 12.7 Å². The molecule has 0 aliphatic carbocycles. The molecule has 0 saturated carbocycles. The van der Waals surface area contributed by atoms with Crippen molar-refractivity contribution in [3.63, 3.8) is 0 Å². The molecule has 1 fully saturated rings. The summed E-state index contributed by atoms with van der Waals surface area (Å²) in [7, 11) is 0. The predicted molar refractivity (Wildman–Crippen MR) is 105 cm³/mol. The predicted octanol–water partition coefficient (Wildman–Crippen LogP) is 4.34. The molecule has 0 bridgehead atoms. The Kier molecular flexibility index (Phi) is 5.53. The van der Waals surface area contributed by atoms with Gasteiger partial charge in [-0.1, -0.05) is 29.8 Å². The van der Waals surface area contributed by atoms with Crippen LogP contribution in [0.5, 0.6) is 0 Å². The molecule has 3 heterocycles. The van der Waals surface area contributed by atoms with Gasteiger partial charge < -0.3 is 4.74 Å². The van der Waals surface area contributed by atoms with E-state index in [-0.39, 0.29) is 6.10 Å². The van der Waals surface area contributed by atoms with Crippen LogP contribution in [0.4, 0.5) is 0 Å². The Balaban J connectivity index is 1.37. The second-order valence-corrected chi connectivity index (χ2v) is 8.26. The lowest BCUT2D eigenvalue weighted by Gasteiger charge is -2.33. The Bertz CT molecular complexity index is 857. The smallest absolute Gasteiger partial charge is 0.127 e. The van der Waals surface area contributed by atoms with Crippen LogP contribution in [-0.4, -0.2) is 46.4 Å². The van der Waals surface area contributed by atoms with Crippen molar-refractivity contribution in [2.24, 2.45) is 0 Å². The zero-order chi connectivity index (χ0) is 17.1. The molecule has 4 rings (SSSR count). The fraction of sp³-hybridized carbons (Fsp3) is 0.333. The summed E-state index contributed by atoms with van der Waals surface area (Å²) in [6.07, 6.45) is 1.84. The normalized spacial score (nSPS) is 18.7. The molecule has 0 N–H and O–H groups in total. The lowest BCUT2D eigenvalue weighted by Crippen LogP contribution is -2.43. The van der Waals surface area contributed by atoms with Crippen molar-refractivity contribution in [2.75, 3.05) is 25.4 Å². The van der Waals surface area contributed by atoms with E-state index in [1.807, 2.05) is 18.2 Å². The molecule has 1 aliphatic heterocycles. The minimum Gasteiger partial charge on any atom is -0.375 e. The maximum Gasteiger partial charge on any atom is 0.127 e. The number of nitrogens with zero attached hydrogens (tertiary/aromatic N) is 3. The number of hydrogen-bond donors (Lipinski definition) is 0. The SMILES string of the molecule is Clc1ccccc1CN1CCOC(CSc2ncnc3sccc23)C1. The number of fused-ring (bicyclic) bond motifs is 1. The summed E-state index contributed by atoms with van der Waals surface area (Å²) >= 11 is 9.69. The third-order valence-corrected chi connectivity index (χ3v) is 6.53. The molecule has 25 heavy (non-hydrogen) atoms. The Morgan fingerprint density at radius 2 is 2.20 bits per heavy atom. The highest BCUT2D eigenvalue weighted by molar-refractivity contribution is 7.99. The second-order valence-electron chi connectivity index (χ2n) is 5.95. The molecule has 1 aliphatic rings. The van der Waals surface area contributed by atoms with Crippen LogP contribution in [0.2, 0.25) is 5.02 Å². The Hall–Kier alpha value is -1.18. The molecule has 1 saturated heterocycles. The highest BCUT2D eigenvalue weighted by atomic mass is 35.5. The van der Waals surface area contributed by atoms with Gasteiger partial charge in [-0.15, -0.1) is 23.1 Å². The van der Waals surface area contributed by atoms with Crippen LogP contribution in [0.25, 0.3) is 10.2 Å². The number of rotatable bonds is 5. The van der Waals surface area contributed by atoms with Crippen molar-refractivity contribution in [3.05, 3.63) is 52.6 Å². The van der Waals surface area contributed by atoms with Crippen LogP contribution < -0.4 is 0 Å². The number of benzene rings is 1. The lowest BCUT2D eigenvalue weighted by atomic mass is 10.2. The minimum absolute atomic E-state index is 0.199. The van der Waals surface area contributed by atoms with Crippen molar-refractivity contribution in [1.82, 2.24) is 14.9 Å². The third-order valence-electron chi connectivity index (χ3n) is 4.21. The molecule has 1 aromatic carbocycles. The lowest BCUT2D eigenvalue weighted by molar-refractivity contribution is -0.0187. The van der Waals surface area contributed by atoms with Crippen molar-refractivity contribution < 1.29 is 4.74 Å². The van der Waals surface area contributed by atoms with Crippen molar-refractivity contribution in [2.45, 2.75) is 17.7 Å². The summed E-state index contributed by atoms with van der Waals surface area (Å²) in [6.45, 7) is 3.48. The van der Waals surface area contributed by atoms with Gasteiger partial charge in [-0.25, -0.2) is 9.97 Å². The highest BCUT2D eigenvalue weighted by Crippen LogP contribution is 2.29. The Morgan fingerprint density at radius 3 is 3.12 bits per heavy atom. The summed E-state index contributed by atoms with van der Waals surface area (Å²) < 4.78 is 5.96. The van der Waals surface area contributed by atoms with Crippen molar-refractivity contribution in [3.8, 4) is 0 Å². The monoisotopic (exact) mass is 391 g/mol. The van der Waals surface area contributed by atoms with Gasteiger partial charge in [0, 0.05) is 35.8 Å². The molecular formula is C18H18ClN3OS2. The van der Waals surface area contributed by atoms with Gasteiger partial charge in [-0.3, -0.25) is 4.90 Å². The zero-order valence-corrected chi connectivity index (χ0v) is 16.0. The maximum absolute atomic E-state index is 6.29. The fourth-order valence-electron chi connectivity index (χ4n) is 2.95. The van der Waals surface area contributed by atoms with Crippen LogP contribution in [0.1, 0.15) is 5.56 Å². The molecule has 130 valence electrons. The molecule has 0 spiro atoms. The van der Waals surface area contributed by atoms with Crippen LogP contribution in [-0.2, 0) is 11.3 Å². The van der Waals surface area contributed by atoms with E-state index >= 15 is 0 Å². The molecular weight excluding hydrogens is 374 g/mol. The number of thioether (sulfide) groups is 1. The second kappa shape index (κ2) is 8.01. The first-order chi connectivity index (χ1) is 12.3. The minimum atomic E-state index is 0.199. The van der Waals surface area contributed by atoms with Crippen LogP contribution in [0.3, 0.4) is 0 Å². The number of hydrogen-bond acceptors (Lipinski definition) is 6. The molecule has 3 aromatic rings. The van der Waals surface area contributed by atoms with E-state index in [1.54, 1.807) is 29.4 Å². The molecule has 2 aromatic heterocycles. The fourth-order valence-corrected chi connectivity index (χ4v) is 4.93. The van der Waals surface area contributed by atoms with Crippen LogP contribution in [0, 0.1) is 0 Å². The van der Waals surface area contributed by atoms with Gasteiger partial charge in [0.1, 0.15) is 16.2 Å². The summed E-state index contributed by atoms with van der Waals surface area (Å²) in [5, 5.41) is 5.08. The van der Waals surface area contributed by atoms with Crippen LogP contribution in [0.15, 0.2) is 47.1 Å². The topological polar surface area (TPSA) is 38.2 Å². The summed E-state index contributed by atoms with van der Waals surface area (Å²) in [6, 6.07) is 10.1. The summed E-state index contributed by atoms with van der Waals surface area (Å²) in [4.78, 5) is 12.2. The first kappa shape index (κ1) is 17.2. The quantitative estimate of drug-likeness (QED) is 0.478. The maximum atomic E-state index is 6.29. The van der Waals surface area contributed by atoms with Crippen molar-refractivity contribution >= 4 is 44.9 Å². The van der Waals surface area contributed by atoms with E-state index in [0.717, 1.165) is 52.3 Å². The highest BCUT2D eigenvalue weighted by Gasteiger charge is 2.22. The first-order valence-corrected chi connectivity index (χ1v) is 10.4. The number of thiophene rings is 1. The summed E-state index contributed by atoms with van der Waals surface area (Å²) in [5.74, 6) is 0.890. The van der Waals surface area contributed by atoms with E-state index < -0.39 is 0 Å². The van der Waals surface area contributed by atoms with E-state index in [2.05, 4.69) is 32.4 Å². The van der Waals surface area contributed by atoms with E-state index in [1.165, 1.54) is 5.56 Å². The van der Waals surface area contributed by atoms with E-state index in [9.17, 15) is 0 Å². The average molecular weight is 392 g/mol. The number of halogens is 1. The average Bonchev–Trinajstić information content (AvgIpc) is 3.12. The molecule has 0 radical (unpaired) electrons. The number of aromatic nitrogens is 2. The van der Waals surface area contributed by atoms with Gasteiger partial charge in [-0.05, 0) is 23.1 Å². The van der Waals surface area contributed by atoms with Gasteiger partial charge >= 0.3 is 0 Å². The van der Waals surface area contributed by atoms with E-state index in [0.29, 0.717) is 0 Å².